The van der Waals surface area contributed by atoms with Crippen LogP contribution >= 0.6 is 0 Å². The van der Waals surface area contributed by atoms with Crippen molar-refractivity contribution in [3.8, 4) is 0 Å². The van der Waals surface area contributed by atoms with Crippen LogP contribution in [0.1, 0.15) is 19.3 Å². The third kappa shape index (κ3) is 1.50. The molecule has 0 amide bonds. The summed E-state index contributed by atoms with van der Waals surface area (Å²) in [7, 11) is 0. The standard InChI is InChI=1S/C7H10O3/c8-6-3-1-5(2-4-6)7(9)10/h3,5,8H,1-2,4H2,(H,9,10). The molecule has 0 fully saturated rings. The van der Waals surface area contributed by atoms with Crippen LogP contribution in [0.2, 0.25) is 0 Å². The molecule has 56 valence electrons. The number of aliphatic carboxylic acids is 1. The number of aliphatic hydroxyl groups is 1. The van der Waals surface area contributed by atoms with Crippen LogP contribution in [0, 0.1) is 5.92 Å². The fourth-order valence-corrected chi connectivity index (χ4v) is 1.04. The fourth-order valence-electron chi connectivity index (χ4n) is 1.04. The third-order valence-electron chi connectivity index (χ3n) is 1.74. The van der Waals surface area contributed by atoms with Crippen molar-refractivity contribution in [3.63, 3.8) is 0 Å². The Morgan fingerprint density at radius 3 is 2.80 bits per heavy atom. The highest BCUT2D eigenvalue weighted by molar-refractivity contribution is 5.70. The van der Waals surface area contributed by atoms with E-state index >= 15 is 0 Å². The summed E-state index contributed by atoms with van der Waals surface area (Å²) in [5, 5.41) is 17.4. The quantitative estimate of drug-likeness (QED) is 0.580. The minimum atomic E-state index is -0.760. The summed E-state index contributed by atoms with van der Waals surface area (Å²) in [6.07, 6.45) is 3.14. The second kappa shape index (κ2) is 2.73. The van der Waals surface area contributed by atoms with Crippen LogP contribution in [0.4, 0.5) is 0 Å². The van der Waals surface area contributed by atoms with Gasteiger partial charge in [-0.15, -0.1) is 0 Å². The van der Waals surface area contributed by atoms with E-state index in [-0.39, 0.29) is 5.92 Å². The van der Waals surface area contributed by atoms with Gasteiger partial charge in [-0.2, -0.15) is 0 Å². The van der Waals surface area contributed by atoms with Gasteiger partial charge in [0, 0.05) is 6.42 Å². The molecule has 0 spiro atoms. The van der Waals surface area contributed by atoms with Crippen LogP contribution in [0.15, 0.2) is 11.8 Å². The smallest absolute Gasteiger partial charge is 0.306 e. The summed E-state index contributed by atoms with van der Waals surface area (Å²) in [6, 6.07) is 0. The van der Waals surface area contributed by atoms with E-state index in [9.17, 15) is 4.79 Å². The predicted octanol–water partition coefficient (Wildman–Crippen LogP) is 1.31. The van der Waals surface area contributed by atoms with Crippen molar-refractivity contribution in [2.24, 2.45) is 5.92 Å². The van der Waals surface area contributed by atoms with Gasteiger partial charge < -0.3 is 10.2 Å². The molecule has 0 heterocycles. The molecular weight excluding hydrogens is 132 g/mol. The Morgan fingerprint density at radius 2 is 2.40 bits per heavy atom. The van der Waals surface area contributed by atoms with Crippen molar-refractivity contribution in [2.45, 2.75) is 19.3 Å². The molecule has 1 rings (SSSR count). The van der Waals surface area contributed by atoms with Crippen molar-refractivity contribution in [1.82, 2.24) is 0 Å². The number of allylic oxidation sites excluding steroid dienone is 2. The van der Waals surface area contributed by atoms with Crippen molar-refractivity contribution in [1.29, 1.82) is 0 Å². The Kier molecular flexibility index (Phi) is 1.94. The maximum Gasteiger partial charge on any atom is 0.306 e. The lowest BCUT2D eigenvalue weighted by molar-refractivity contribution is -0.142. The zero-order chi connectivity index (χ0) is 7.56. The largest absolute Gasteiger partial charge is 0.513 e. The van der Waals surface area contributed by atoms with E-state index in [4.69, 9.17) is 10.2 Å². The Balaban J connectivity index is 2.50. The van der Waals surface area contributed by atoms with Crippen molar-refractivity contribution in [2.75, 3.05) is 0 Å². The SMILES string of the molecule is O=C(O)C1CC=C(O)CC1. The molecule has 0 aliphatic heterocycles. The van der Waals surface area contributed by atoms with E-state index in [0.717, 1.165) is 0 Å². The highest BCUT2D eigenvalue weighted by atomic mass is 16.4. The van der Waals surface area contributed by atoms with E-state index in [1.165, 1.54) is 0 Å². The lowest BCUT2D eigenvalue weighted by Gasteiger charge is -2.14. The van der Waals surface area contributed by atoms with Gasteiger partial charge >= 0.3 is 5.97 Å². The fraction of sp³-hybridized carbons (Fsp3) is 0.571. The third-order valence-corrected chi connectivity index (χ3v) is 1.74. The molecular formula is C7H10O3. The van der Waals surface area contributed by atoms with Gasteiger partial charge in [0.2, 0.25) is 0 Å². The van der Waals surface area contributed by atoms with E-state index in [0.29, 0.717) is 25.0 Å². The topological polar surface area (TPSA) is 57.5 Å². The molecule has 1 aliphatic carbocycles. The Labute approximate surface area is 59.0 Å². The molecule has 0 saturated heterocycles. The minimum Gasteiger partial charge on any atom is -0.513 e. The van der Waals surface area contributed by atoms with Crippen molar-refractivity contribution in [3.05, 3.63) is 11.8 Å². The summed E-state index contributed by atoms with van der Waals surface area (Å²) >= 11 is 0. The first kappa shape index (κ1) is 7.12. The van der Waals surface area contributed by atoms with Gasteiger partial charge in [0.1, 0.15) is 0 Å². The number of aliphatic hydroxyl groups excluding tert-OH is 1. The zero-order valence-electron chi connectivity index (χ0n) is 5.58. The van der Waals surface area contributed by atoms with Crippen LogP contribution in [0.5, 0.6) is 0 Å². The Morgan fingerprint density at radius 1 is 1.70 bits per heavy atom. The highest BCUT2D eigenvalue weighted by Crippen LogP contribution is 2.21. The summed E-state index contributed by atoms with van der Waals surface area (Å²) in [5.74, 6) is -0.711. The molecule has 0 aromatic carbocycles. The van der Waals surface area contributed by atoms with Gasteiger partial charge in [-0.25, -0.2) is 0 Å². The summed E-state index contributed by atoms with van der Waals surface area (Å²) in [5.41, 5.74) is 0. The van der Waals surface area contributed by atoms with Crippen LogP contribution < -0.4 is 0 Å². The molecule has 0 saturated carbocycles. The number of hydrogen-bond donors (Lipinski definition) is 2. The average molecular weight is 142 g/mol. The van der Waals surface area contributed by atoms with Gasteiger partial charge in [0.05, 0.1) is 11.7 Å². The van der Waals surface area contributed by atoms with Crippen molar-refractivity contribution >= 4 is 5.97 Å². The van der Waals surface area contributed by atoms with Gasteiger partial charge in [0.15, 0.2) is 0 Å². The molecule has 1 atom stereocenters. The van der Waals surface area contributed by atoms with Crippen LogP contribution in [-0.4, -0.2) is 16.2 Å². The van der Waals surface area contributed by atoms with Gasteiger partial charge in [-0.05, 0) is 18.9 Å². The predicted molar refractivity (Wildman–Crippen MR) is 35.7 cm³/mol. The molecule has 1 unspecified atom stereocenters. The van der Waals surface area contributed by atoms with E-state index in [1.807, 2.05) is 0 Å². The lowest BCUT2D eigenvalue weighted by atomic mass is 9.94. The molecule has 2 N–H and O–H groups in total. The number of carboxylic acids is 1. The van der Waals surface area contributed by atoms with Gasteiger partial charge in [0.25, 0.3) is 0 Å². The highest BCUT2D eigenvalue weighted by Gasteiger charge is 2.19. The monoisotopic (exact) mass is 142 g/mol. The second-order valence-electron chi connectivity index (χ2n) is 2.51. The normalized spacial score (nSPS) is 25.6. The lowest BCUT2D eigenvalue weighted by Crippen LogP contribution is -2.15. The first-order chi connectivity index (χ1) is 4.70. The van der Waals surface area contributed by atoms with Crippen LogP contribution in [-0.2, 0) is 4.79 Å². The molecule has 3 heteroatoms. The maximum atomic E-state index is 10.4. The second-order valence-corrected chi connectivity index (χ2v) is 2.51. The molecule has 3 nitrogen and oxygen atoms in total. The number of carbonyl (C=O) groups is 1. The first-order valence-corrected chi connectivity index (χ1v) is 3.31. The van der Waals surface area contributed by atoms with E-state index in [1.54, 1.807) is 6.08 Å². The van der Waals surface area contributed by atoms with E-state index < -0.39 is 5.97 Å². The average Bonchev–Trinajstić information content (AvgIpc) is 1.88. The summed E-state index contributed by atoms with van der Waals surface area (Å²) in [4.78, 5) is 10.4. The molecule has 0 bridgehead atoms. The number of hydrogen-bond acceptors (Lipinski definition) is 2. The molecule has 1 aliphatic rings. The Bertz CT molecular complexity index is 172. The number of rotatable bonds is 1. The minimum absolute atomic E-state index is 0.282. The number of carboxylic acid groups (broad SMARTS) is 1. The van der Waals surface area contributed by atoms with Crippen LogP contribution in [0.3, 0.4) is 0 Å². The van der Waals surface area contributed by atoms with Crippen LogP contribution in [0.25, 0.3) is 0 Å². The van der Waals surface area contributed by atoms with Gasteiger partial charge in [-0.3, -0.25) is 4.79 Å². The molecule has 0 aromatic heterocycles. The molecule has 0 aromatic rings. The first-order valence-electron chi connectivity index (χ1n) is 3.31. The molecule has 0 radical (unpaired) electrons. The Hall–Kier alpha value is -0.990. The van der Waals surface area contributed by atoms with Gasteiger partial charge in [-0.1, -0.05) is 0 Å². The maximum absolute atomic E-state index is 10.4. The zero-order valence-corrected chi connectivity index (χ0v) is 5.58. The van der Waals surface area contributed by atoms with Crippen molar-refractivity contribution < 1.29 is 15.0 Å². The summed E-state index contributed by atoms with van der Waals surface area (Å²) < 4.78 is 0. The molecule has 10 heavy (non-hydrogen) atoms. The summed E-state index contributed by atoms with van der Waals surface area (Å²) in [6.45, 7) is 0. The van der Waals surface area contributed by atoms with E-state index in [2.05, 4.69) is 0 Å².